The molecule has 0 heterocycles. The van der Waals surface area contributed by atoms with Crippen molar-refractivity contribution in [3.05, 3.63) is 95.1 Å². The lowest BCUT2D eigenvalue weighted by atomic mass is 10.1. The summed E-state index contributed by atoms with van der Waals surface area (Å²) in [6, 6.07) is 19.1. The molecule has 40 heavy (non-hydrogen) atoms. The molecule has 1 atom stereocenters. The molecule has 0 aliphatic rings. The lowest BCUT2D eigenvalue weighted by Crippen LogP contribution is -2.31. The summed E-state index contributed by atoms with van der Waals surface area (Å²) in [7, 11) is 2.73. The van der Waals surface area contributed by atoms with Crippen molar-refractivity contribution < 1.29 is 43.2 Å². The number of methoxy groups -OCH3 is 1. The Kier molecular flexibility index (Phi) is 10.4. The summed E-state index contributed by atoms with van der Waals surface area (Å²) in [4.78, 5) is 50.4. The highest BCUT2D eigenvalue weighted by Crippen LogP contribution is 2.32. The van der Waals surface area contributed by atoms with Crippen molar-refractivity contribution in [2.75, 3.05) is 20.7 Å². The molecule has 0 saturated heterocycles. The molecule has 10 heteroatoms. The average Bonchev–Trinajstić information content (AvgIpc) is 2.96. The molecule has 10 nitrogen and oxygen atoms in total. The number of benzene rings is 3. The van der Waals surface area contributed by atoms with Crippen molar-refractivity contribution in [2.45, 2.75) is 26.6 Å². The van der Waals surface area contributed by atoms with Gasteiger partial charge in [-0.05, 0) is 47.5 Å². The van der Waals surface area contributed by atoms with E-state index < -0.39 is 36.0 Å². The van der Waals surface area contributed by atoms with Crippen LogP contribution in [0, 0.1) is 5.92 Å². The molecule has 0 aliphatic heterocycles. The van der Waals surface area contributed by atoms with Crippen molar-refractivity contribution in [3.8, 4) is 11.5 Å². The standard InChI is InChI=1S/C30H31NO9/c1-19(2)27(33)40-26-16-23(24(32)17-31(3)30(36)38-18-20-8-6-5-7-9-20)14-15-25(26)39-29(35)22-12-10-21(11-13-22)28(34)37-4/h5-16,19,24,32H,17-18H2,1-4H3. The van der Waals surface area contributed by atoms with Gasteiger partial charge in [0.2, 0.25) is 0 Å². The number of amides is 1. The number of esters is 3. The molecule has 3 aromatic carbocycles. The number of aliphatic hydroxyl groups is 1. The van der Waals surface area contributed by atoms with Gasteiger partial charge in [-0.3, -0.25) is 4.79 Å². The minimum Gasteiger partial charge on any atom is -0.465 e. The van der Waals surface area contributed by atoms with Crippen molar-refractivity contribution >= 4 is 24.0 Å². The van der Waals surface area contributed by atoms with Crippen LogP contribution in [-0.2, 0) is 20.9 Å². The summed E-state index contributed by atoms with van der Waals surface area (Å²) in [5, 5.41) is 10.8. The number of hydrogen-bond donors (Lipinski definition) is 1. The molecule has 0 spiro atoms. The van der Waals surface area contributed by atoms with Crippen LogP contribution in [0.5, 0.6) is 11.5 Å². The van der Waals surface area contributed by atoms with E-state index in [0.717, 1.165) is 5.56 Å². The van der Waals surface area contributed by atoms with Crippen LogP contribution >= 0.6 is 0 Å². The van der Waals surface area contributed by atoms with E-state index in [2.05, 4.69) is 4.74 Å². The first-order chi connectivity index (χ1) is 19.1. The number of ether oxygens (including phenoxy) is 4. The van der Waals surface area contributed by atoms with E-state index in [9.17, 15) is 24.3 Å². The Hall–Kier alpha value is -4.70. The van der Waals surface area contributed by atoms with Gasteiger partial charge in [0.15, 0.2) is 11.5 Å². The monoisotopic (exact) mass is 549 g/mol. The lowest BCUT2D eigenvalue weighted by Gasteiger charge is -2.21. The fourth-order valence-electron chi connectivity index (χ4n) is 3.41. The molecular formula is C30H31NO9. The average molecular weight is 550 g/mol. The van der Waals surface area contributed by atoms with Crippen molar-refractivity contribution in [2.24, 2.45) is 5.92 Å². The van der Waals surface area contributed by atoms with Gasteiger partial charge in [-0.1, -0.05) is 50.2 Å². The van der Waals surface area contributed by atoms with Gasteiger partial charge in [0, 0.05) is 7.05 Å². The molecule has 0 aliphatic carbocycles. The topological polar surface area (TPSA) is 129 Å². The molecule has 0 fully saturated rings. The fraction of sp³-hybridized carbons (Fsp3) is 0.267. The van der Waals surface area contributed by atoms with Crippen LogP contribution in [0.2, 0.25) is 0 Å². The molecule has 210 valence electrons. The Morgan fingerprint density at radius 1 is 0.825 bits per heavy atom. The van der Waals surface area contributed by atoms with Crippen molar-refractivity contribution in [1.29, 1.82) is 0 Å². The normalized spacial score (nSPS) is 11.3. The van der Waals surface area contributed by atoms with E-state index in [0.29, 0.717) is 5.56 Å². The Morgan fingerprint density at radius 2 is 1.45 bits per heavy atom. The number of nitrogens with zero attached hydrogens (tertiary/aromatic N) is 1. The minimum atomic E-state index is -1.17. The zero-order valence-electron chi connectivity index (χ0n) is 22.7. The van der Waals surface area contributed by atoms with E-state index in [1.165, 1.54) is 61.5 Å². The summed E-state index contributed by atoms with van der Waals surface area (Å²) >= 11 is 0. The van der Waals surface area contributed by atoms with E-state index in [1.54, 1.807) is 13.8 Å². The summed E-state index contributed by atoms with van der Waals surface area (Å²) in [6.07, 6.45) is -1.79. The van der Waals surface area contributed by atoms with Gasteiger partial charge in [-0.15, -0.1) is 0 Å². The third kappa shape index (κ3) is 8.15. The van der Waals surface area contributed by atoms with Crippen molar-refractivity contribution in [1.82, 2.24) is 4.90 Å². The van der Waals surface area contributed by atoms with E-state index in [-0.39, 0.29) is 35.8 Å². The lowest BCUT2D eigenvalue weighted by molar-refractivity contribution is -0.137. The van der Waals surface area contributed by atoms with Gasteiger partial charge in [0.1, 0.15) is 6.61 Å². The molecule has 1 amide bonds. The first-order valence-corrected chi connectivity index (χ1v) is 12.4. The predicted octanol–water partition coefficient (Wildman–Crippen LogP) is 4.56. The molecule has 0 aromatic heterocycles. The maximum atomic E-state index is 12.8. The maximum absolute atomic E-state index is 12.8. The molecule has 3 aromatic rings. The quantitative estimate of drug-likeness (QED) is 0.286. The smallest absolute Gasteiger partial charge is 0.409 e. The first-order valence-electron chi connectivity index (χ1n) is 12.4. The van der Waals surface area contributed by atoms with Crippen molar-refractivity contribution in [3.63, 3.8) is 0 Å². The van der Waals surface area contributed by atoms with Crippen LogP contribution in [0.3, 0.4) is 0 Å². The Balaban J connectivity index is 1.73. The number of likely N-dealkylation sites (N-methyl/N-ethyl adjacent to an activating group) is 1. The molecule has 1 unspecified atom stereocenters. The molecule has 1 N–H and O–H groups in total. The highest BCUT2D eigenvalue weighted by molar-refractivity contribution is 5.94. The van der Waals surface area contributed by atoms with Gasteiger partial charge in [-0.25, -0.2) is 14.4 Å². The predicted molar refractivity (Wildman–Crippen MR) is 144 cm³/mol. The molecule has 0 radical (unpaired) electrons. The third-order valence-corrected chi connectivity index (χ3v) is 5.74. The second kappa shape index (κ2) is 13.9. The number of carbonyl (C=O) groups is 4. The zero-order chi connectivity index (χ0) is 29.2. The van der Waals surface area contributed by atoms with Gasteiger partial charge < -0.3 is 29.0 Å². The molecule has 0 bridgehead atoms. The fourth-order valence-corrected chi connectivity index (χ4v) is 3.41. The van der Waals surface area contributed by atoms with E-state index in [1.807, 2.05) is 30.3 Å². The van der Waals surface area contributed by atoms with Crippen LogP contribution in [0.25, 0.3) is 0 Å². The number of hydrogen-bond acceptors (Lipinski definition) is 9. The zero-order valence-corrected chi connectivity index (χ0v) is 22.7. The van der Waals surface area contributed by atoms with Crippen LogP contribution in [0.4, 0.5) is 4.79 Å². The summed E-state index contributed by atoms with van der Waals surface area (Å²) < 4.78 is 20.8. The summed E-state index contributed by atoms with van der Waals surface area (Å²) in [5.74, 6) is -2.49. The van der Waals surface area contributed by atoms with Crippen LogP contribution in [0.15, 0.2) is 72.8 Å². The van der Waals surface area contributed by atoms with Gasteiger partial charge >= 0.3 is 24.0 Å². The molecular weight excluding hydrogens is 518 g/mol. The van der Waals surface area contributed by atoms with Crippen LogP contribution < -0.4 is 9.47 Å². The SMILES string of the molecule is COC(=O)c1ccc(C(=O)Oc2ccc(C(O)CN(C)C(=O)OCc3ccccc3)cc2OC(=O)C(C)C)cc1. The van der Waals surface area contributed by atoms with E-state index >= 15 is 0 Å². The van der Waals surface area contributed by atoms with Gasteiger partial charge in [0.05, 0.1) is 36.8 Å². The minimum absolute atomic E-state index is 0.0531. The van der Waals surface area contributed by atoms with Crippen LogP contribution in [0.1, 0.15) is 51.8 Å². The molecule has 0 saturated carbocycles. The Bertz CT molecular complexity index is 1340. The maximum Gasteiger partial charge on any atom is 0.409 e. The summed E-state index contributed by atoms with van der Waals surface area (Å²) in [6.45, 7) is 3.26. The van der Waals surface area contributed by atoms with E-state index in [4.69, 9.17) is 14.2 Å². The highest BCUT2D eigenvalue weighted by Gasteiger charge is 2.22. The highest BCUT2D eigenvalue weighted by atomic mass is 16.6. The first kappa shape index (κ1) is 29.9. The third-order valence-electron chi connectivity index (χ3n) is 5.74. The Morgan fingerprint density at radius 3 is 2.05 bits per heavy atom. The van der Waals surface area contributed by atoms with Gasteiger partial charge in [-0.2, -0.15) is 0 Å². The number of carbonyl (C=O) groups excluding carboxylic acids is 4. The number of rotatable bonds is 10. The Labute approximate surface area is 232 Å². The second-order valence-electron chi connectivity index (χ2n) is 9.18. The number of aliphatic hydroxyl groups excluding tert-OH is 1. The summed E-state index contributed by atoms with van der Waals surface area (Å²) in [5.41, 5.74) is 1.55. The van der Waals surface area contributed by atoms with Gasteiger partial charge in [0.25, 0.3) is 0 Å². The largest absolute Gasteiger partial charge is 0.465 e. The second-order valence-corrected chi connectivity index (χ2v) is 9.18. The van der Waals surface area contributed by atoms with Crippen LogP contribution in [-0.4, -0.2) is 54.7 Å². The molecule has 3 rings (SSSR count).